The molecular formula is C39H58O3. The van der Waals surface area contributed by atoms with Crippen molar-refractivity contribution in [2.24, 2.45) is 35.0 Å². The van der Waals surface area contributed by atoms with Crippen LogP contribution in [0.3, 0.4) is 0 Å². The summed E-state index contributed by atoms with van der Waals surface area (Å²) in [6.45, 7) is 15.7. The monoisotopic (exact) mass is 574 g/mol. The van der Waals surface area contributed by atoms with Gasteiger partial charge in [0.05, 0.1) is 0 Å². The Hall–Kier alpha value is -2.16. The maximum atomic E-state index is 14.3. The van der Waals surface area contributed by atoms with E-state index in [9.17, 15) is 9.59 Å². The van der Waals surface area contributed by atoms with Crippen molar-refractivity contribution in [1.82, 2.24) is 0 Å². The Labute approximate surface area is 257 Å². The Balaban J connectivity index is 1.77. The van der Waals surface area contributed by atoms with Crippen LogP contribution >= 0.6 is 0 Å². The summed E-state index contributed by atoms with van der Waals surface area (Å²) >= 11 is 0. The molecule has 0 N–H and O–H groups in total. The second kappa shape index (κ2) is 14.5. The molecule has 6 atom stereocenters. The largest absolute Gasteiger partial charge is 0.462 e. The first-order valence-corrected chi connectivity index (χ1v) is 17.2. The van der Waals surface area contributed by atoms with E-state index in [1.165, 1.54) is 30.9 Å². The number of ether oxygens (including phenoxy) is 1. The zero-order valence-corrected chi connectivity index (χ0v) is 27.7. The van der Waals surface area contributed by atoms with Crippen molar-refractivity contribution in [3.8, 4) is 0 Å². The summed E-state index contributed by atoms with van der Waals surface area (Å²) in [6.07, 6.45) is 19.8. The van der Waals surface area contributed by atoms with Crippen molar-refractivity contribution in [2.45, 2.75) is 138 Å². The van der Waals surface area contributed by atoms with Crippen molar-refractivity contribution in [3.05, 3.63) is 58.7 Å². The number of ketones is 1. The number of rotatable bonds is 7. The van der Waals surface area contributed by atoms with Gasteiger partial charge in [0, 0.05) is 24.8 Å². The van der Waals surface area contributed by atoms with E-state index in [1.807, 2.05) is 0 Å². The first kappa shape index (κ1) is 32.7. The molecule has 0 amide bonds. The number of hydrogen-bond donors (Lipinski definition) is 0. The van der Waals surface area contributed by atoms with Crippen molar-refractivity contribution in [3.63, 3.8) is 0 Å². The zero-order valence-electron chi connectivity index (χ0n) is 27.7. The number of fused-ring (bicyclic) bond motifs is 8. The predicted molar refractivity (Wildman–Crippen MR) is 175 cm³/mol. The van der Waals surface area contributed by atoms with Crippen LogP contribution in [0.25, 0.3) is 0 Å². The van der Waals surface area contributed by atoms with Crippen molar-refractivity contribution in [2.75, 3.05) is 0 Å². The Bertz CT molecular complexity index is 1140. The van der Waals surface area contributed by atoms with Gasteiger partial charge in [0.1, 0.15) is 6.10 Å². The number of hydrogen-bond acceptors (Lipinski definition) is 3. The number of Topliss-reactive ketones (excluding diaryl/α,β-unsaturated/α-hetero) is 1. The normalized spacial score (nSPS) is 29.1. The van der Waals surface area contributed by atoms with Crippen LogP contribution in [0.2, 0.25) is 0 Å². The van der Waals surface area contributed by atoms with Gasteiger partial charge in [-0.25, -0.2) is 0 Å². The molecule has 4 aliphatic carbocycles. The van der Waals surface area contributed by atoms with E-state index >= 15 is 0 Å². The standard InChI is InChI=1S/C39H58O3/c1-26(2)28(4)16-17-29(5)36-21-22-37-34-20-18-31(25-35(34)38(41)32-13-9-8-10-14-32)24-33(42-30(6)40)19-15-27(3)12-11-23-39(36,37)7/h12,16-18,20,25-26,28-29,32-33,36-37H,8-11,13-15,19,21-24H2,1-7H3. The minimum atomic E-state index is -0.225. The molecule has 4 aliphatic rings. The van der Waals surface area contributed by atoms with Crippen LogP contribution in [0.5, 0.6) is 0 Å². The SMILES string of the molecule is CC(=O)OC1CCC(C)=CCCC2(C)C(CCC2C(C)C=CC(C)C(C)C)c2ccc(cc2C(=O)C2CCCCC2)C1. The summed E-state index contributed by atoms with van der Waals surface area (Å²) in [5.41, 5.74) is 4.89. The lowest BCUT2D eigenvalue weighted by Crippen LogP contribution is -2.32. The van der Waals surface area contributed by atoms with E-state index < -0.39 is 0 Å². The highest BCUT2D eigenvalue weighted by molar-refractivity contribution is 5.99. The topological polar surface area (TPSA) is 43.4 Å². The van der Waals surface area contributed by atoms with Gasteiger partial charge in [0.25, 0.3) is 0 Å². The van der Waals surface area contributed by atoms with E-state index in [0.717, 1.165) is 68.9 Å². The van der Waals surface area contributed by atoms with Gasteiger partial charge >= 0.3 is 5.97 Å². The number of esters is 1. The average Bonchev–Trinajstić information content (AvgIpc) is 3.30. The van der Waals surface area contributed by atoms with Crippen molar-refractivity contribution in [1.29, 1.82) is 0 Å². The highest BCUT2D eigenvalue weighted by atomic mass is 16.5. The van der Waals surface area contributed by atoms with E-state index in [1.54, 1.807) is 0 Å². The van der Waals surface area contributed by atoms with Gasteiger partial charge in [-0.2, -0.15) is 0 Å². The lowest BCUT2D eigenvalue weighted by molar-refractivity contribution is -0.146. The van der Waals surface area contributed by atoms with Gasteiger partial charge in [-0.3, -0.25) is 9.59 Å². The first-order chi connectivity index (χ1) is 20.0. The minimum Gasteiger partial charge on any atom is -0.462 e. The summed E-state index contributed by atoms with van der Waals surface area (Å²) in [7, 11) is 0. The number of carbonyl (C=O) groups is 2. The molecule has 0 radical (unpaired) electrons. The fourth-order valence-corrected chi connectivity index (χ4v) is 8.36. The fraction of sp³-hybridized carbons (Fsp3) is 0.692. The Morgan fingerprint density at radius 2 is 1.71 bits per heavy atom. The molecule has 3 nitrogen and oxygen atoms in total. The fourth-order valence-electron chi connectivity index (χ4n) is 8.36. The molecule has 0 saturated heterocycles. The van der Waals surface area contributed by atoms with Gasteiger partial charge in [-0.15, -0.1) is 0 Å². The van der Waals surface area contributed by atoms with Gasteiger partial charge in [0.15, 0.2) is 5.78 Å². The molecule has 1 aromatic carbocycles. The first-order valence-electron chi connectivity index (χ1n) is 17.2. The van der Waals surface area contributed by atoms with E-state index in [0.29, 0.717) is 41.8 Å². The molecule has 232 valence electrons. The lowest BCUT2D eigenvalue weighted by atomic mass is 9.64. The summed E-state index contributed by atoms with van der Waals surface area (Å²) in [5.74, 6) is 2.98. The molecule has 0 aromatic heterocycles. The van der Waals surface area contributed by atoms with Crippen LogP contribution in [0.4, 0.5) is 0 Å². The maximum Gasteiger partial charge on any atom is 0.302 e. The summed E-state index contributed by atoms with van der Waals surface area (Å²) < 4.78 is 5.79. The quantitative estimate of drug-likeness (QED) is 0.185. The molecule has 2 fully saturated rings. The second-order valence-electron chi connectivity index (χ2n) is 14.8. The molecule has 0 spiro atoms. The summed E-state index contributed by atoms with van der Waals surface area (Å²) in [6, 6.07) is 6.74. The number of benzene rings is 1. The third-order valence-electron chi connectivity index (χ3n) is 11.4. The van der Waals surface area contributed by atoms with Gasteiger partial charge in [-0.05, 0) is 110 Å². The molecule has 42 heavy (non-hydrogen) atoms. The predicted octanol–water partition coefficient (Wildman–Crippen LogP) is 10.4. The highest BCUT2D eigenvalue weighted by Gasteiger charge is 2.49. The molecule has 6 unspecified atom stereocenters. The van der Waals surface area contributed by atoms with Crippen molar-refractivity contribution < 1.29 is 14.3 Å². The van der Waals surface area contributed by atoms with Crippen LogP contribution in [0.15, 0.2) is 42.0 Å². The van der Waals surface area contributed by atoms with Gasteiger partial charge in [0.2, 0.25) is 0 Å². The Morgan fingerprint density at radius 3 is 2.40 bits per heavy atom. The van der Waals surface area contributed by atoms with Crippen LogP contribution < -0.4 is 0 Å². The summed E-state index contributed by atoms with van der Waals surface area (Å²) in [5, 5.41) is 0. The van der Waals surface area contributed by atoms with Gasteiger partial charge in [-0.1, -0.05) is 89.8 Å². The zero-order chi connectivity index (χ0) is 30.4. The molecule has 1 aromatic rings. The van der Waals surface area contributed by atoms with E-state index in [-0.39, 0.29) is 23.4 Å². The summed E-state index contributed by atoms with van der Waals surface area (Å²) in [4.78, 5) is 26.3. The lowest BCUT2D eigenvalue weighted by Gasteiger charge is -2.40. The van der Waals surface area contributed by atoms with E-state index in [2.05, 4.69) is 78.0 Å². The molecule has 2 saturated carbocycles. The van der Waals surface area contributed by atoms with Crippen LogP contribution in [-0.2, 0) is 16.0 Å². The van der Waals surface area contributed by atoms with E-state index in [4.69, 9.17) is 4.74 Å². The van der Waals surface area contributed by atoms with Crippen LogP contribution in [0, 0.1) is 35.0 Å². The molecule has 5 rings (SSSR count). The third kappa shape index (κ3) is 7.86. The smallest absolute Gasteiger partial charge is 0.302 e. The number of carbonyl (C=O) groups excluding carboxylic acids is 2. The highest BCUT2D eigenvalue weighted by Crippen LogP contribution is 2.59. The van der Waals surface area contributed by atoms with Crippen LogP contribution in [0.1, 0.15) is 146 Å². The Morgan fingerprint density at radius 1 is 0.976 bits per heavy atom. The van der Waals surface area contributed by atoms with Gasteiger partial charge < -0.3 is 4.74 Å². The molecular weight excluding hydrogens is 516 g/mol. The minimum absolute atomic E-state index is 0.120. The number of allylic oxidation sites excluding steroid dienone is 4. The molecule has 2 bridgehead atoms. The molecule has 3 heteroatoms. The third-order valence-corrected chi connectivity index (χ3v) is 11.4. The van der Waals surface area contributed by atoms with Crippen molar-refractivity contribution >= 4 is 11.8 Å². The Kier molecular flexibility index (Phi) is 11.3. The average molecular weight is 575 g/mol. The van der Waals surface area contributed by atoms with Crippen LogP contribution in [-0.4, -0.2) is 17.9 Å². The second-order valence-corrected chi connectivity index (χ2v) is 14.8. The molecule has 0 aliphatic heterocycles. The molecule has 0 heterocycles. The maximum absolute atomic E-state index is 14.3.